The summed E-state index contributed by atoms with van der Waals surface area (Å²) in [5.74, 6) is 1.65. The van der Waals surface area contributed by atoms with Gasteiger partial charge in [-0.3, -0.25) is 9.59 Å². The third kappa shape index (κ3) is 25.8. The highest BCUT2D eigenvalue weighted by Gasteiger charge is 2.18. The second-order valence-electron chi connectivity index (χ2n) is 10.4. The number of aldehydes is 1. The number of benzene rings is 1. The first-order valence-electron chi connectivity index (χ1n) is 16.8. The minimum atomic E-state index is -0.385. The van der Waals surface area contributed by atoms with Gasteiger partial charge in [-0.1, -0.05) is 64.1 Å². The molecule has 0 radical (unpaired) electrons. The van der Waals surface area contributed by atoms with Crippen molar-refractivity contribution in [3.63, 3.8) is 0 Å². The van der Waals surface area contributed by atoms with Gasteiger partial charge < -0.3 is 37.0 Å². The van der Waals surface area contributed by atoms with E-state index in [0.717, 1.165) is 73.8 Å². The lowest BCUT2D eigenvalue weighted by Crippen LogP contribution is -2.41. The Bertz CT molecular complexity index is 1080. The molecule has 7 N–H and O–H groups in total. The van der Waals surface area contributed by atoms with E-state index in [9.17, 15) is 4.79 Å². The van der Waals surface area contributed by atoms with Crippen molar-refractivity contribution in [3.8, 4) is 0 Å². The topological polar surface area (TPSA) is 144 Å². The summed E-state index contributed by atoms with van der Waals surface area (Å²) in [5, 5.41) is 20.8. The van der Waals surface area contributed by atoms with Crippen molar-refractivity contribution in [1.29, 1.82) is 0 Å². The summed E-state index contributed by atoms with van der Waals surface area (Å²) in [4.78, 5) is 28.1. The Morgan fingerprint density at radius 3 is 2.29 bits per heavy atom. The molecular formula is C37H66ClN7O3. The third-order valence-corrected chi connectivity index (χ3v) is 6.90. The predicted molar refractivity (Wildman–Crippen MR) is 208 cm³/mol. The van der Waals surface area contributed by atoms with E-state index in [-0.39, 0.29) is 12.5 Å². The number of aliphatic hydroxyl groups is 1. The number of likely N-dealkylation sites (N-methyl/N-ethyl adjacent to an activating group) is 1. The summed E-state index contributed by atoms with van der Waals surface area (Å²) in [6, 6.07) is 5.85. The van der Waals surface area contributed by atoms with Crippen molar-refractivity contribution in [2.45, 2.75) is 67.9 Å². The van der Waals surface area contributed by atoms with E-state index >= 15 is 0 Å². The molecular weight excluding hydrogens is 626 g/mol. The second kappa shape index (κ2) is 35.0. The Kier molecular flexibility index (Phi) is 35.8. The molecule has 0 aliphatic rings. The molecule has 1 unspecified atom stereocenters. The van der Waals surface area contributed by atoms with Crippen molar-refractivity contribution in [2.24, 2.45) is 16.6 Å². The van der Waals surface area contributed by atoms with Crippen LogP contribution in [0.25, 0.3) is 0 Å². The molecule has 0 fully saturated rings. The molecule has 11 heteroatoms. The van der Waals surface area contributed by atoms with E-state index in [1.807, 2.05) is 59.0 Å². The molecule has 0 saturated carbocycles. The van der Waals surface area contributed by atoms with Gasteiger partial charge in [0.25, 0.3) is 0 Å². The number of halogens is 1. The number of aliphatic imine (C=N–C) groups is 1. The highest BCUT2D eigenvalue weighted by atomic mass is 35.5. The van der Waals surface area contributed by atoms with Crippen LogP contribution >= 0.6 is 11.6 Å². The van der Waals surface area contributed by atoms with Gasteiger partial charge in [0.15, 0.2) is 0 Å². The maximum absolute atomic E-state index is 11.8. The monoisotopic (exact) mass is 691 g/mol. The van der Waals surface area contributed by atoms with Crippen LogP contribution in [0, 0.1) is 12.8 Å². The Morgan fingerprint density at radius 2 is 1.81 bits per heavy atom. The molecule has 0 aliphatic heterocycles. The zero-order valence-electron chi connectivity index (χ0n) is 31.0. The summed E-state index contributed by atoms with van der Waals surface area (Å²) in [5.41, 5.74) is 10.2. The van der Waals surface area contributed by atoms with Crippen LogP contribution in [-0.2, 0) is 11.3 Å². The van der Waals surface area contributed by atoms with Crippen LogP contribution in [0.15, 0.2) is 72.2 Å². The zero-order chi connectivity index (χ0) is 37.2. The van der Waals surface area contributed by atoms with Crippen LogP contribution in [0.2, 0.25) is 0 Å². The molecule has 1 rings (SSSR count). The van der Waals surface area contributed by atoms with Crippen molar-refractivity contribution in [2.75, 3.05) is 58.8 Å². The van der Waals surface area contributed by atoms with Gasteiger partial charge in [-0.2, -0.15) is 0 Å². The maximum atomic E-state index is 11.8. The van der Waals surface area contributed by atoms with Gasteiger partial charge in [0.2, 0.25) is 5.91 Å². The highest BCUT2D eigenvalue weighted by molar-refractivity contribution is 6.18. The number of nitrogens with one attached hydrogen (secondary N) is 4. The molecule has 0 aromatic heterocycles. The summed E-state index contributed by atoms with van der Waals surface area (Å²) in [6.07, 6.45) is 9.50. The maximum Gasteiger partial charge on any atom is 0.249 e. The number of nitrogens with two attached hydrogens (primary N) is 1. The summed E-state index contributed by atoms with van der Waals surface area (Å²) in [6.45, 7) is 26.9. The summed E-state index contributed by atoms with van der Waals surface area (Å²) < 4.78 is 0. The van der Waals surface area contributed by atoms with Crippen LogP contribution in [0.5, 0.6) is 0 Å². The summed E-state index contributed by atoms with van der Waals surface area (Å²) in [7, 11) is 1.80. The molecule has 1 atom stereocenters. The second-order valence-corrected chi connectivity index (χ2v) is 10.8. The fourth-order valence-electron chi connectivity index (χ4n) is 4.06. The molecule has 0 heterocycles. The number of alkyl halides is 1. The first-order valence-corrected chi connectivity index (χ1v) is 17.3. The van der Waals surface area contributed by atoms with Crippen molar-refractivity contribution < 1.29 is 14.7 Å². The minimum Gasteiger partial charge on any atom is -0.395 e. The van der Waals surface area contributed by atoms with Gasteiger partial charge in [-0.15, -0.1) is 11.6 Å². The molecule has 274 valence electrons. The van der Waals surface area contributed by atoms with E-state index in [1.165, 1.54) is 6.08 Å². The Hall–Kier alpha value is -3.28. The first kappa shape index (κ1) is 49.1. The van der Waals surface area contributed by atoms with Crippen LogP contribution in [0.4, 0.5) is 0 Å². The number of aliphatic hydroxyl groups excluding tert-OH is 1. The molecule has 1 amide bonds. The molecule has 0 bridgehead atoms. The number of allylic oxidation sites excluding steroid dienone is 3. The first-order chi connectivity index (χ1) is 23.1. The van der Waals surface area contributed by atoms with Crippen molar-refractivity contribution in [3.05, 3.63) is 83.9 Å². The van der Waals surface area contributed by atoms with Crippen molar-refractivity contribution in [1.82, 2.24) is 26.2 Å². The smallest absolute Gasteiger partial charge is 0.249 e. The number of nitrogens with zero attached hydrogens (tertiary/aromatic N) is 2. The molecule has 0 saturated heterocycles. The molecule has 0 spiro atoms. The number of amides is 1. The van der Waals surface area contributed by atoms with Crippen LogP contribution in [-0.4, -0.2) is 86.8 Å². The Morgan fingerprint density at radius 1 is 1.15 bits per heavy atom. The molecule has 48 heavy (non-hydrogen) atoms. The fraction of sp³-hybridized carbons (Fsp3) is 0.541. The minimum absolute atomic E-state index is 0.233. The lowest BCUT2D eigenvalue weighted by Gasteiger charge is -2.31. The van der Waals surface area contributed by atoms with Gasteiger partial charge in [0, 0.05) is 62.6 Å². The number of amidine groups is 1. The fourth-order valence-corrected chi connectivity index (χ4v) is 4.19. The zero-order valence-corrected chi connectivity index (χ0v) is 31.8. The number of primary amides is 1. The molecule has 1 aromatic rings. The van der Waals surface area contributed by atoms with Gasteiger partial charge in [-0.05, 0) is 83.1 Å². The number of carbonyl (C=O) groups excluding carboxylic acids is 2. The average Bonchev–Trinajstić information content (AvgIpc) is 3.09. The predicted octanol–water partition coefficient (Wildman–Crippen LogP) is 5.28. The third-order valence-electron chi connectivity index (χ3n) is 6.71. The average molecular weight is 692 g/mol. The Labute approximate surface area is 297 Å². The number of aryl methyl sites for hydroxylation is 1. The number of rotatable bonds is 21. The Balaban J connectivity index is -0.00000160. The lowest BCUT2D eigenvalue weighted by atomic mass is 10.0. The SMILES string of the molecule is C=CC=O.C=CN/C(C)=C/N=C(\C(C)=C/C)N(CCNCCCl)CC(CC)CCNCc1ccc(C)cc1C(N)=O.CC.CNCCO. The standard InChI is InChI=1S/C29H47ClN6O.C3H9NO.C3H4O.C2H6/c1-7-23(5)29(35-19-24(6)34-9-3)36(17-16-32-15-13-30)21-25(8-2)12-14-33-20-26-11-10-22(4)18-27(26)28(31)37;1-4-2-3-5;1-2-3-4;1-2/h7,9-11,18-19,25,32-34H,3,8,12-17,20-21H2,1-2,4-6H3,(H2,31,37);4-5H,2-3H2,1H3;2-3H,1H2;1-2H3/b23-7-,24-19+,35-29+;;;. The van der Waals surface area contributed by atoms with E-state index in [2.05, 4.69) is 59.2 Å². The van der Waals surface area contributed by atoms with E-state index in [4.69, 9.17) is 32.2 Å². The van der Waals surface area contributed by atoms with Crippen LogP contribution < -0.4 is 27.0 Å². The van der Waals surface area contributed by atoms with E-state index in [0.29, 0.717) is 36.7 Å². The molecule has 0 aliphatic carbocycles. The highest BCUT2D eigenvalue weighted by Crippen LogP contribution is 2.15. The number of carbonyl (C=O) groups is 2. The normalized spacial score (nSPS) is 11.8. The van der Waals surface area contributed by atoms with E-state index < -0.39 is 0 Å². The lowest BCUT2D eigenvalue weighted by molar-refractivity contribution is -0.104. The van der Waals surface area contributed by atoms with Gasteiger partial charge in [0.05, 0.1) is 6.61 Å². The summed E-state index contributed by atoms with van der Waals surface area (Å²) >= 11 is 5.86. The molecule has 1 aromatic carbocycles. The largest absolute Gasteiger partial charge is 0.395 e. The van der Waals surface area contributed by atoms with Crippen LogP contribution in [0.3, 0.4) is 0 Å². The number of hydrogen-bond donors (Lipinski definition) is 6. The van der Waals surface area contributed by atoms with Gasteiger partial charge in [0.1, 0.15) is 12.1 Å². The van der Waals surface area contributed by atoms with E-state index in [1.54, 1.807) is 13.2 Å². The number of hydrogen-bond acceptors (Lipinski definition) is 8. The van der Waals surface area contributed by atoms with Crippen LogP contribution in [0.1, 0.15) is 75.9 Å². The van der Waals surface area contributed by atoms with Crippen molar-refractivity contribution >= 4 is 29.6 Å². The molecule has 10 nitrogen and oxygen atoms in total. The van der Waals surface area contributed by atoms with Gasteiger partial charge >= 0.3 is 0 Å². The van der Waals surface area contributed by atoms with Gasteiger partial charge in [-0.25, -0.2) is 4.99 Å². The quantitative estimate of drug-likeness (QED) is 0.0255.